The lowest BCUT2D eigenvalue weighted by Gasteiger charge is -2.40. The van der Waals surface area contributed by atoms with Crippen molar-refractivity contribution in [3.05, 3.63) is 72.6 Å². The van der Waals surface area contributed by atoms with Crippen molar-refractivity contribution < 1.29 is 38.1 Å². The monoisotopic (exact) mass is 862 g/mol. The van der Waals surface area contributed by atoms with Crippen LogP contribution in [0.3, 0.4) is 0 Å². The average molecular weight is 863 g/mol. The fourth-order valence-corrected chi connectivity index (χ4v) is 10.5. The first kappa shape index (κ1) is 42.6. The second-order valence-corrected chi connectivity index (χ2v) is 17.8. The number of benzene rings is 2. The third kappa shape index (κ3) is 8.66. The van der Waals surface area contributed by atoms with Crippen LogP contribution in [0.1, 0.15) is 88.4 Å². The molecule has 0 radical (unpaired) electrons. The van der Waals surface area contributed by atoms with E-state index in [4.69, 9.17) is 28.9 Å². The van der Waals surface area contributed by atoms with Crippen LogP contribution in [0.4, 0.5) is 9.59 Å². The molecule has 0 bridgehead atoms. The SMILES string of the molecule is COC(=O)NC(C(=O)N1C(C)CCC1c1ncc(-c2ccc(-c3ccc(-c4cnc(C5CC6CCC6N5C(=O)C(NC(=O)OC)C5CCCOC5)[nH]4)cc3)cc2)[nH]1)C1CCCOC1. The van der Waals surface area contributed by atoms with E-state index >= 15 is 0 Å². The number of aromatic amines is 2. The summed E-state index contributed by atoms with van der Waals surface area (Å²) in [6.07, 6.45) is 10.1. The highest BCUT2D eigenvalue weighted by Gasteiger charge is 2.52. The van der Waals surface area contributed by atoms with Crippen LogP contribution in [0.15, 0.2) is 60.9 Å². The molecule has 9 atom stereocenters. The fourth-order valence-electron chi connectivity index (χ4n) is 10.5. The topological polar surface area (TPSA) is 193 Å². The number of methoxy groups -OCH3 is 2. The summed E-state index contributed by atoms with van der Waals surface area (Å²) in [6, 6.07) is 14.8. The maximum atomic E-state index is 14.3. The highest BCUT2D eigenvalue weighted by Crippen LogP contribution is 2.50. The first-order valence-corrected chi connectivity index (χ1v) is 22.5. The van der Waals surface area contributed by atoms with E-state index in [1.165, 1.54) is 14.2 Å². The zero-order valence-electron chi connectivity index (χ0n) is 36.2. The van der Waals surface area contributed by atoms with E-state index in [1.54, 1.807) is 0 Å². The molecule has 4 saturated heterocycles. The number of hydrogen-bond donors (Lipinski definition) is 4. The van der Waals surface area contributed by atoms with Crippen molar-refractivity contribution in [2.45, 2.75) is 101 Å². The Labute approximate surface area is 367 Å². The Balaban J connectivity index is 0.868. The van der Waals surface area contributed by atoms with Crippen molar-refractivity contribution in [3.63, 3.8) is 0 Å². The molecular formula is C47H58N8O8. The van der Waals surface area contributed by atoms with E-state index < -0.39 is 24.3 Å². The minimum atomic E-state index is -0.747. The third-order valence-corrected chi connectivity index (χ3v) is 14.1. The number of likely N-dealkylation sites (tertiary alicyclic amines) is 2. The van der Waals surface area contributed by atoms with Crippen molar-refractivity contribution in [3.8, 4) is 33.6 Å². The Morgan fingerprint density at radius 3 is 1.60 bits per heavy atom. The third-order valence-electron chi connectivity index (χ3n) is 14.1. The van der Waals surface area contributed by atoms with Gasteiger partial charge in [0.05, 0.1) is 63.3 Å². The number of aromatic nitrogens is 4. The van der Waals surface area contributed by atoms with Gasteiger partial charge in [-0.25, -0.2) is 19.6 Å². The summed E-state index contributed by atoms with van der Waals surface area (Å²) >= 11 is 0. The normalized spacial score (nSPS) is 26.6. The van der Waals surface area contributed by atoms with Gasteiger partial charge in [0.1, 0.15) is 23.7 Å². The molecule has 16 nitrogen and oxygen atoms in total. The van der Waals surface area contributed by atoms with Crippen LogP contribution in [0.2, 0.25) is 0 Å². The highest BCUT2D eigenvalue weighted by atomic mass is 16.5. The standard InChI is InChI=1S/C47H58N8O8/c1-27-8-18-38(54(27)44(56)40(52-46(58)60-2)33-6-4-20-62-25-33)42-48-23-35(50-42)30-13-9-28(10-14-30)29-11-15-31(16-12-29)36-24-49-43(51-36)39-22-32-17-19-37(32)55(39)45(57)41(53-47(59)61-3)34-7-5-21-63-26-34/h9-16,23-24,27,32-34,37-41H,4-8,17-22,25-26H2,1-3H3,(H,48,50)(H,49,51)(H,52,58)(H,53,59). The van der Waals surface area contributed by atoms with Crippen LogP contribution < -0.4 is 10.6 Å². The minimum absolute atomic E-state index is 0.0230. The summed E-state index contributed by atoms with van der Waals surface area (Å²) in [5, 5.41) is 5.66. The Bertz CT molecular complexity index is 2250. The maximum absolute atomic E-state index is 14.3. The zero-order valence-corrected chi connectivity index (χ0v) is 36.2. The number of fused-ring (bicyclic) bond motifs is 1. The summed E-state index contributed by atoms with van der Waals surface area (Å²) in [4.78, 5) is 73.8. The Morgan fingerprint density at radius 1 is 0.651 bits per heavy atom. The van der Waals surface area contributed by atoms with E-state index in [0.29, 0.717) is 32.3 Å². The molecule has 4 amide bonds. The molecule has 63 heavy (non-hydrogen) atoms. The van der Waals surface area contributed by atoms with Crippen LogP contribution in [0.25, 0.3) is 33.6 Å². The molecule has 334 valence electrons. The summed E-state index contributed by atoms with van der Waals surface area (Å²) in [6.45, 7) is 4.19. The number of amides is 4. The van der Waals surface area contributed by atoms with Gasteiger partial charge in [0.15, 0.2) is 0 Å². The van der Waals surface area contributed by atoms with Gasteiger partial charge in [-0.3, -0.25) is 9.59 Å². The van der Waals surface area contributed by atoms with E-state index in [9.17, 15) is 19.2 Å². The van der Waals surface area contributed by atoms with Crippen molar-refractivity contribution in [1.82, 2.24) is 40.4 Å². The lowest BCUT2D eigenvalue weighted by molar-refractivity contribution is -0.141. The number of alkyl carbamates (subject to hydrolysis) is 2. The quantitative estimate of drug-likeness (QED) is 0.129. The van der Waals surface area contributed by atoms with E-state index in [1.807, 2.05) is 29.1 Å². The smallest absolute Gasteiger partial charge is 0.407 e. The first-order valence-electron chi connectivity index (χ1n) is 22.5. The molecule has 4 aliphatic heterocycles. The second kappa shape index (κ2) is 18.5. The Hall–Kier alpha value is -5.74. The summed E-state index contributed by atoms with van der Waals surface area (Å²) < 4.78 is 21.2. The Morgan fingerprint density at radius 2 is 1.14 bits per heavy atom. The molecule has 9 rings (SSSR count). The van der Waals surface area contributed by atoms with E-state index in [-0.39, 0.29) is 47.8 Å². The highest BCUT2D eigenvalue weighted by molar-refractivity contribution is 5.88. The predicted octanol–water partition coefficient (Wildman–Crippen LogP) is 6.54. The fraction of sp³-hybridized carbons (Fsp3) is 0.532. The van der Waals surface area contributed by atoms with Gasteiger partial charge in [0.2, 0.25) is 11.8 Å². The molecule has 4 N–H and O–H groups in total. The van der Waals surface area contributed by atoms with E-state index in [2.05, 4.69) is 69.1 Å². The Kier molecular flexibility index (Phi) is 12.5. The van der Waals surface area contributed by atoms with Crippen LogP contribution in [0, 0.1) is 17.8 Å². The van der Waals surface area contributed by atoms with Gasteiger partial charge in [-0.05, 0) is 92.9 Å². The number of ether oxygens (including phenoxy) is 4. The molecule has 5 aliphatic rings. The number of rotatable bonds is 11. The number of carbonyl (C=O) groups excluding carboxylic acids is 4. The van der Waals surface area contributed by atoms with Crippen LogP contribution in [-0.2, 0) is 28.5 Å². The molecule has 2 aromatic heterocycles. The maximum Gasteiger partial charge on any atom is 0.407 e. The molecule has 6 heterocycles. The predicted molar refractivity (Wildman–Crippen MR) is 232 cm³/mol. The lowest BCUT2D eigenvalue weighted by atomic mass is 9.80. The molecule has 2 aromatic carbocycles. The van der Waals surface area contributed by atoms with Gasteiger partial charge in [-0.1, -0.05) is 48.5 Å². The first-order chi connectivity index (χ1) is 30.7. The van der Waals surface area contributed by atoms with Gasteiger partial charge in [0, 0.05) is 37.1 Å². The molecular weight excluding hydrogens is 805 g/mol. The van der Waals surface area contributed by atoms with Crippen molar-refractivity contribution >= 4 is 24.0 Å². The van der Waals surface area contributed by atoms with Crippen molar-refractivity contribution in [2.75, 3.05) is 40.6 Å². The van der Waals surface area contributed by atoms with Gasteiger partial charge >= 0.3 is 12.2 Å². The molecule has 1 saturated carbocycles. The largest absolute Gasteiger partial charge is 0.453 e. The number of nitrogens with zero attached hydrogens (tertiary/aromatic N) is 4. The van der Waals surface area contributed by atoms with Crippen LogP contribution in [0.5, 0.6) is 0 Å². The molecule has 0 spiro atoms. The number of carbonyl (C=O) groups is 4. The van der Waals surface area contributed by atoms with Gasteiger partial charge in [-0.2, -0.15) is 0 Å². The molecule has 4 aromatic rings. The molecule has 5 fully saturated rings. The number of H-pyrrole nitrogens is 2. The number of nitrogens with one attached hydrogen (secondary N) is 4. The second-order valence-electron chi connectivity index (χ2n) is 17.8. The summed E-state index contributed by atoms with van der Waals surface area (Å²) in [7, 11) is 2.62. The summed E-state index contributed by atoms with van der Waals surface area (Å²) in [5.41, 5.74) is 5.79. The van der Waals surface area contributed by atoms with Gasteiger partial charge in [-0.15, -0.1) is 0 Å². The van der Waals surface area contributed by atoms with E-state index in [0.717, 1.165) is 103 Å². The van der Waals surface area contributed by atoms with Crippen LogP contribution >= 0.6 is 0 Å². The zero-order chi connectivity index (χ0) is 43.6. The van der Waals surface area contributed by atoms with Crippen molar-refractivity contribution in [2.24, 2.45) is 17.8 Å². The number of hydrogen-bond acceptors (Lipinski definition) is 10. The molecule has 9 unspecified atom stereocenters. The lowest BCUT2D eigenvalue weighted by Crippen LogP contribution is -2.56. The molecule has 16 heteroatoms. The van der Waals surface area contributed by atoms with Crippen LogP contribution in [-0.4, -0.2) is 119 Å². The average Bonchev–Trinajstić information content (AvgIpc) is 4.14. The minimum Gasteiger partial charge on any atom is -0.453 e. The van der Waals surface area contributed by atoms with Gasteiger partial charge < -0.3 is 49.3 Å². The molecule has 1 aliphatic carbocycles. The van der Waals surface area contributed by atoms with Crippen molar-refractivity contribution in [1.29, 1.82) is 0 Å². The van der Waals surface area contributed by atoms with Gasteiger partial charge in [0.25, 0.3) is 0 Å². The summed E-state index contributed by atoms with van der Waals surface area (Å²) in [5.74, 6) is 1.38. The number of imidazole rings is 2.